The van der Waals surface area contributed by atoms with E-state index in [1.165, 1.54) is 19.9 Å². The van der Waals surface area contributed by atoms with Crippen molar-refractivity contribution in [2.45, 2.75) is 58.8 Å². The van der Waals surface area contributed by atoms with Crippen LogP contribution < -0.4 is 0 Å². The maximum atomic E-state index is 12.8. The highest BCUT2D eigenvalue weighted by molar-refractivity contribution is 5.97. The average Bonchev–Trinajstić information content (AvgIpc) is 2.82. The maximum Gasteiger partial charge on any atom is 0.309 e. The van der Waals surface area contributed by atoms with Crippen LogP contribution in [-0.4, -0.2) is 61.5 Å². The van der Waals surface area contributed by atoms with Crippen LogP contribution in [0.3, 0.4) is 0 Å². The standard InChI is InChI=1S/C24H30O9/c1-6-13(2)24(29)33-23-21-14(3)19(28)12-31-20(21)9-17(11-30-15(4)26)7-8-18(10-25)22(23)32-16(5)27/h8-10,13,20-23H,3,6-7,11-12H2,1-2,4-5H3/b17-9+,18-8-/t13-,20-,21-,22-,23-/m1/s1. The molecule has 0 N–H and O–H groups in total. The maximum absolute atomic E-state index is 12.8. The zero-order valence-corrected chi connectivity index (χ0v) is 19.3. The number of ketones is 1. The Morgan fingerprint density at radius 3 is 2.52 bits per heavy atom. The summed E-state index contributed by atoms with van der Waals surface area (Å²) in [6, 6.07) is 0. The monoisotopic (exact) mass is 462 g/mol. The summed E-state index contributed by atoms with van der Waals surface area (Å²) in [4.78, 5) is 60.5. The molecule has 0 saturated carbocycles. The van der Waals surface area contributed by atoms with Crippen molar-refractivity contribution in [3.63, 3.8) is 0 Å². The molecule has 0 spiro atoms. The van der Waals surface area contributed by atoms with Gasteiger partial charge in [0.25, 0.3) is 0 Å². The van der Waals surface area contributed by atoms with Crippen molar-refractivity contribution in [1.29, 1.82) is 0 Å². The fourth-order valence-electron chi connectivity index (χ4n) is 3.62. The highest BCUT2D eigenvalue weighted by Gasteiger charge is 2.47. The quantitative estimate of drug-likeness (QED) is 0.184. The van der Waals surface area contributed by atoms with E-state index in [9.17, 15) is 24.0 Å². The summed E-state index contributed by atoms with van der Waals surface area (Å²) < 4.78 is 22.1. The van der Waals surface area contributed by atoms with Gasteiger partial charge in [0.2, 0.25) is 0 Å². The molecule has 2 aliphatic rings. The smallest absolute Gasteiger partial charge is 0.309 e. The van der Waals surface area contributed by atoms with Gasteiger partial charge in [0, 0.05) is 25.0 Å². The molecule has 0 aromatic rings. The van der Waals surface area contributed by atoms with E-state index in [1.54, 1.807) is 13.0 Å². The number of aldehydes is 1. The molecule has 9 heteroatoms. The summed E-state index contributed by atoms with van der Waals surface area (Å²) in [6.45, 7) is 9.51. The van der Waals surface area contributed by atoms with Crippen LogP contribution in [0, 0.1) is 11.8 Å². The first kappa shape index (κ1) is 26.2. The van der Waals surface area contributed by atoms with Gasteiger partial charge in [-0.05, 0) is 18.4 Å². The molecule has 0 radical (unpaired) electrons. The van der Waals surface area contributed by atoms with E-state index >= 15 is 0 Å². The van der Waals surface area contributed by atoms with Crippen molar-refractivity contribution in [1.82, 2.24) is 0 Å². The van der Waals surface area contributed by atoms with Crippen molar-refractivity contribution in [3.05, 3.63) is 35.5 Å². The molecule has 2 rings (SSSR count). The number of fused-ring (bicyclic) bond motifs is 1. The summed E-state index contributed by atoms with van der Waals surface area (Å²) in [7, 11) is 0. The number of carbonyl (C=O) groups excluding carboxylic acids is 5. The van der Waals surface area contributed by atoms with Crippen LogP contribution in [0.25, 0.3) is 0 Å². The number of rotatable bonds is 7. The first-order valence-corrected chi connectivity index (χ1v) is 10.8. The number of carbonyl (C=O) groups is 5. The van der Waals surface area contributed by atoms with E-state index in [1.807, 2.05) is 6.92 Å². The minimum absolute atomic E-state index is 0.0485. The Hall–Kier alpha value is -3.07. The number of ether oxygens (including phenoxy) is 4. The molecular formula is C24H30O9. The Labute approximate surface area is 192 Å². The minimum Gasteiger partial charge on any atom is -0.461 e. The van der Waals surface area contributed by atoms with Crippen LogP contribution in [0.4, 0.5) is 0 Å². The third-order valence-corrected chi connectivity index (χ3v) is 5.66. The number of Topliss-reactive ketones (excluding diaryl/α,β-unsaturated/α-hetero) is 1. The fraction of sp³-hybridized carbons (Fsp3) is 0.542. The summed E-state index contributed by atoms with van der Waals surface area (Å²) in [6.07, 6.45) is 1.05. The molecule has 1 saturated heterocycles. The zero-order chi connectivity index (χ0) is 24.7. The Kier molecular flexibility index (Phi) is 9.28. The number of allylic oxidation sites excluding steroid dienone is 1. The third kappa shape index (κ3) is 6.71. The third-order valence-electron chi connectivity index (χ3n) is 5.66. The van der Waals surface area contributed by atoms with E-state index in [0.29, 0.717) is 18.3 Å². The highest BCUT2D eigenvalue weighted by Crippen LogP contribution is 2.36. The molecule has 9 nitrogen and oxygen atoms in total. The first-order valence-electron chi connectivity index (χ1n) is 10.8. The van der Waals surface area contributed by atoms with Gasteiger partial charge in [-0.1, -0.05) is 32.6 Å². The average molecular weight is 462 g/mol. The van der Waals surface area contributed by atoms with Gasteiger partial charge in [0.1, 0.15) is 19.5 Å². The fourth-order valence-corrected chi connectivity index (χ4v) is 3.62. The SMILES string of the molecule is C=C1C(=O)CO[C@@H]2/C=C(/COC(C)=O)C/C=C(/C=O)[C@@H](OC(C)=O)[C@H](OC(=O)[C@H](C)CC)[C@H]12. The van der Waals surface area contributed by atoms with Crippen molar-refractivity contribution in [2.24, 2.45) is 11.8 Å². The number of esters is 3. The van der Waals surface area contributed by atoms with Gasteiger partial charge in [0.15, 0.2) is 18.0 Å². The van der Waals surface area contributed by atoms with Gasteiger partial charge in [-0.2, -0.15) is 0 Å². The van der Waals surface area contributed by atoms with E-state index < -0.39 is 53.8 Å². The molecule has 0 amide bonds. The molecule has 180 valence electrons. The predicted molar refractivity (Wildman–Crippen MR) is 116 cm³/mol. The van der Waals surface area contributed by atoms with Gasteiger partial charge in [-0.25, -0.2) is 0 Å². The zero-order valence-electron chi connectivity index (χ0n) is 19.3. The first-order chi connectivity index (χ1) is 15.6. The van der Waals surface area contributed by atoms with Crippen molar-refractivity contribution < 1.29 is 42.9 Å². The summed E-state index contributed by atoms with van der Waals surface area (Å²) in [5.74, 6) is -3.56. The van der Waals surface area contributed by atoms with E-state index in [-0.39, 0.29) is 30.8 Å². The molecule has 1 aliphatic carbocycles. The van der Waals surface area contributed by atoms with Crippen molar-refractivity contribution in [3.8, 4) is 0 Å². The van der Waals surface area contributed by atoms with Crippen molar-refractivity contribution >= 4 is 30.0 Å². The van der Waals surface area contributed by atoms with Gasteiger partial charge in [-0.3, -0.25) is 24.0 Å². The lowest BCUT2D eigenvalue weighted by Gasteiger charge is -2.39. The van der Waals surface area contributed by atoms with Crippen LogP contribution >= 0.6 is 0 Å². The molecule has 0 aromatic heterocycles. The van der Waals surface area contributed by atoms with E-state index in [0.717, 1.165) is 0 Å². The largest absolute Gasteiger partial charge is 0.461 e. The molecule has 1 fully saturated rings. The molecule has 33 heavy (non-hydrogen) atoms. The van der Waals surface area contributed by atoms with Gasteiger partial charge < -0.3 is 18.9 Å². The number of hydrogen-bond donors (Lipinski definition) is 0. The van der Waals surface area contributed by atoms with Crippen LogP contribution in [-0.2, 0) is 42.9 Å². The Balaban J connectivity index is 2.64. The van der Waals surface area contributed by atoms with Gasteiger partial charge >= 0.3 is 17.9 Å². The lowest BCUT2D eigenvalue weighted by molar-refractivity contribution is -0.175. The molecule has 1 aliphatic heterocycles. The summed E-state index contributed by atoms with van der Waals surface area (Å²) in [5, 5.41) is 0. The summed E-state index contributed by atoms with van der Waals surface area (Å²) >= 11 is 0. The Bertz CT molecular complexity index is 882. The molecule has 5 atom stereocenters. The molecule has 0 unspecified atom stereocenters. The molecular weight excluding hydrogens is 432 g/mol. The predicted octanol–water partition coefficient (Wildman–Crippen LogP) is 2.03. The summed E-state index contributed by atoms with van der Waals surface area (Å²) in [5.41, 5.74) is 0.769. The van der Waals surface area contributed by atoms with Crippen LogP contribution in [0.2, 0.25) is 0 Å². The van der Waals surface area contributed by atoms with E-state index in [4.69, 9.17) is 18.9 Å². The lowest BCUT2D eigenvalue weighted by Crippen LogP contribution is -2.50. The molecule has 0 aromatic carbocycles. The molecule has 1 heterocycles. The van der Waals surface area contributed by atoms with Gasteiger partial charge in [-0.15, -0.1) is 0 Å². The Morgan fingerprint density at radius 2 is 1.94 bits per heavy atom. The Morgan fingerprint density at radius 1 is 1.24 bits per heavy atom. The van der Waals surface area contributed by atoms with Crippen molar-refractivity contribution in [2.75, 3.05) is 13.2 Å². The normalized spacial score (nSPS) is 29.5. The second-order valence-corrected chi connectivity index (χ2v) is 8.12. The lowest BCUT2D eigenvalue weighted by atomic mass is 9.80. The van der Waals surface area contributed by atoms with Crippen LogP contribution in [0.15, 0.2) is 35.5 Å². The second kappa shape index (κ2) is 11.7. The van der Waals surface area contributed by atoms with Crippen LogP contribution in [0.5, 0.6) is 0 Å². The number of hydrogen-bond acceptors (Lipinski definition) is 9. The van der Waals surface area contributed by atoms with E-state index in [2.05, 4.69) is 6.58 Å². The highest BCUT2D eigenvalue weighted by atomic mass is 16.6. The van der Waals surface area contributed by atoms with Crippen LogP contribution in [0.1, 0.15) is 40.5 Å². The molecule has 0 bridgehead atoms. The second-order valence-electron chi connectivity index (χ2n) is 8.12. The van der Waals surface area contributed by atoms with Gasteiger partial charge in [0.05, 0.1) is 17.9 Å². The minimum atomic E-state index is -1.28. The topological polar surface area (TPSA) is 122 Å².